The molecule has 0 saturated heterocycles. The lowest BCUT2D eigenvalue weighted by molar-refractivity contribution is -0.130. The van der Waals surface area contributed by atoms with E-state index >= 15 is 0 Å². The fourth-order valence-electron chi connectivity index (χ4n) is 3.09. The van der Waals surface area contributed by atoms with Crippen molar-refractivity contribution in [1.29, 1.82) is 0 Å². The number of nitrogens with one attached hydrogen (secondary N) is 1. The van der Waals surface area contributed by atoms with Gasteiger partial charge in [-0.25, -0.2) is 0 Å². The van der Waals surface area contributed by atoms with Crippen LogP contribution in [0.5, 0.6) is 0 Å². The molecule has 1 aliphatic heterocycles. The second kappa shape index (κ2) is 7.47. The fourth-order valence-corrected chi connectivity index (χ4v) is 3.09. The molecule has 0 unspecified atom stereocenters. The third-order valence-corrected chi connectivity index (χ3v) is 4.08. The number of primary amides is 1. The predicted octanol–water partition coefficient (Wildman–Crippen LogP) is 1.37. The van der Waals surface area contributed by atoms with Crippen molar-refractivity contribution in [3.05, 3.63) is 29.8 Å². The fraction of sp³-hybridized carbons (Fsp3) is 0.500. The Morgan fingerprint density at radius 2 is 1.92 bits per heavy atom. The standard InChI is InChI=1S/C18H25N3O3/c1-11(2)8-17(23)20-14(10-16(19)22)18(24)21-12(3)9-13-6-4-5-7-15(13)21/h4-7,11-12,14H,8-10H2,1-3H3,(H2,19,22)(H,20,23)/t12-,14-/m1/s1. The van der Waals surface area contributed by atoms with E-state index in [-0.39, 0.29) is 30.2 Å². The number of benzene rings is 1. The van der Waals surface area contributed by atoms with Crippen molar-refractivity contribution in [2.75, 3.05) is 4.90 Å². The Morgan fingerprint density at radius 3 is 2.54 bits per heavy atom. The van der Waals surface area contributed by atoms with Crippen molar-refractivity contribution < 1.29 is 14.4 Å². The number of carbonyl (C=O) groups is 3. The molecule has 24 heavy (non-hydrogen) atoms. The van der Waals surface area contributed by atoms with Gasteiger partial charge in [0.2, 0.25) is 17.7 Å². The Kier molecular flexibility index (Phi) is 5.59. The average Bonchev–Trinajstić information content (AvgIpc) is 2.80. The second-order valence-corrected chi connectivity index (χ2v) is 6.78. The van der Waals surface area contributed by atoms with Gasteiger partial charge in [0.25, 0.3) is 0 Å². The number of hydrogen-bond acceptors (Lipinski definition) is 3. The van der Waals surface area contributed by atoms with Gasteiger partial charge in [0, 0.05) is 18.2 Å². The summed E-state index contributed by atoms with van der Waals surface area (Å²) in [5, 5.41) is 2.68. The van der Waals surface area contributed by atoms with Gasteiger partial charge >= 0.3 is 0 Å². The Morgan fingerprint density at radius 1 is 1.25 bits per heavy atom. The second-order valence-electron chi connectivity index (χ2n) is 6.78. The molecule has 1 aromatic carbocycles. The highest BCUT2D eigenvalue weighted by Crippen LogP contribution is 2.32. The van der Waals surface area contributed by atoms with Gasteiger partial charge in [-0.1, -0.05) is 32.0 Å². The number of carbonyl (C=O) groups excluding carboxylic acids is 3. The number of fused-ring (bicyclic) bond motifs is 1. The van der Waals surface area contributed by atoms with Crippen LogP contribution in [0.1, 0.15) is 39.2 Å². The van der Waals surface area contributed by atoms with Crippen LogP contribution in [0.3, 0.4) is 0 Å². The molecule has 6 heteroatoms. The lowest BCUT2D eigenvalue weighted by atomic mass is 10.1. The van der Waals surface area contributed by atoms with E-state index in [9.17, 15) is 14.4 Å². The molecule has 130 valence electrons. The van der Waals surface area contributed by atoms with E-state index in [1.165, 1.54) is 0 Å². The van der Waals surface area contributed by atoms with Crippen LogP contribution in [0.4, 0.5) is 5.69 Å². The Labute approximate surface area is 142 Å². The first-order chi connectivity index (χ1) is 11.3. The third-order valence-electron chi connectivity index (χ3n) is 4.08. The zero-order valence-electron chi connectivity index (χ0n) is 14.4. The molecule has 6 nitrogen and oxygen atoms in total. The van der Waals surface area contributed by atoms with Crippen LogP contribution in [0, 0.1) is 5.92 Å². The Bertz CT molecular complexity index is 642. The van der Waals surface area contributed by atoms with Crippen molar-refractivity contribution in [1.82, 2.24) is 5.32 Å². The zero-order chi connectivity index (χ0) is 17.9. The van der Waals surface area contributed by atoms with Crippen molar-refractivity contribution in [2.45, 2.75) is 52.1 Å². The van der Waals surface area contributed by atoms with Gasteiger partial charge in [-0.15, -0.1) is 0 Å². The van der Waals surface area contributed by atoms with Gasteiger partial charge in [-0.3, -0.25) is 14.4 Å². The minimum atomic E-state index is -0.928. The topological polar surface area (TPSA) is 92.5 Å². The SMILES string of the molecule is CC(C)CC(=O)N[C@H](CC(N)=O)C(=O)N1c2ccccc2C[C@H]1C. The van der Waals surface area contributed by atoms with Gasteiger partial charge in [-0.2, -0.15) is 0 Å². The van der Waals surface area contributed by atoms with Crippen LogP contribution in [0.25, 0.3) is 0 Å². The summed E-state index contributed by atoms with van der Waals surface area (Å²) in [6, 6.07) is 6.73. The molecule has 0 aromatic heterocycles. The maximum atomic E-state index is 13.0. The first kappa shape index (κ1) is 18.0. The lowest BCUT2D eigenvalue weighted by Crippen LogP contribution is -2.52. The summed E-state index contributed by atoms with van der Waals surface area (Å²) >= 11 is 0. The summed E-state index contributed by atoms with van der Waals surface area (Å²) < 4.78 is 0. The summed E-state index contributed by atoms with van der Waals surface area (Å²) in [5.41, 5.74) is 7.20. The number of para-hydroxylation sites is 1. The molecular weight excluding hydrogens is 306 g/mol. The minimum absolute atomic E-state index is 0.0210. The molecule has 3 amide bonds. The summed E-state index contributed by atoms with van der Waals surface area (Å²) in [5.74, 6) is -0.979. The van der Waals surface area contributed by atoms with Crippen LogP contribution in [0.15, 0.2) is 24.3 Å². The molecule has 0 radical (unpaired) electrons. The molecule has 0 aliphatic carbocycles. The number of hydrogen-bond donors (Lipinski definition) is 2. The van der Waals surface area contributed by atoms with E-state index in [4.69, 9.17) is 5.73 Å². The number of anilines is 1. The molecule has 3 N–H and O–H groups in total. The molecule has 2 rings (SSSR count). The smallest absolute Gasteiger partial charge is 0.250 e. The molecule has 0 spiro atoms. The van der Waals surface area contributed by atoms with Crippen LogP contribution in [-0.4, -0.2) is 29.8 Å². The van der Waals surface area contributed by atoms with E-state index in [1.807, 2.05) is 45.0 Å². The maximum Gasteiger partial charge on any atom is 0.250 e. The highest BCUT2D eigenvalue weighted by molar-refractivity contribution is 6.03. The van der Waals surface area contributed by atoms with Crippen LogP contribution in [-0.2, 0) is 20.8 Å². The zero-order valence-corrected chi connectivity index (χ0v) is 14.4. The van der Waals surface area contributed by atoms with Crippen LogP contribution >= 0.6 is 0 Å². The summed E-state index contributed by atoms with van der Waals surface area (Å²) in [4.78, 5) is 38.1. The molecule has 0 bridgehead atoms. The Balaban J connectivity index is 2.21. The number of rotatable bonds is 6. The first-order valence-electron chi connectivity index (χ1n) is 8.28. The monoisotopic (exact) mass is 331 g/mol. The van der Waals surface area contributed by atoms with Crippen LogP contribution < -0.4 is 16.0 Å². The molecule has 1 heterocycles. The van der Waals surface area contributed by atoms with Gasteiger partial charge in [-0.05, 0) is 30.9 Å². The summed E-state index contributed by atoms with van der Waals surface area (Å²) in [6.45, 7) is 5.79. The van der Waals surface area contributed by atoms with E-state index < -0.39 is 11.9 Å². The van der Waals surface area contributed by atoms with E-state index in [0.29, 0.717) is 6.42 Å². The van der Waals surface area contributed by atoms with E-state index in [2.05, 4.69) is 5.32 Å². The summed E-state index contributed by atoms with van der Waals surface area (Å²) in [6.07, 6.45) is 0.855. The van der Waals surface area contributed by atoms with Crippen molar-refractivity contribution in [3.63, 3.8) is 0 Å². The largest absolute Gasteiger partial charge is 0.370 e. The average molecular weight is 331 g/mol. The van der Waals surface area contributed by atoms with E-state index in [1.54, 1.807) is 4.90 Å². The molecule has 0 fully saturated rings. The molecular formula is C18H25N3O3. The molecule has 1 aliphatic rings. The quantitative estimate of drug-likeness (QED) is 0.824. The van der Waals surface area contributed by atoms with Crippen LogP contribution in [0.2, 0.25) is 0 Å². The first-order valence-corrected chi connectivity index (χ1v) is 8.28. The molecule has 2 atom stereocenters. The van der Waals surface area contributed by atoms with Crippen molar-refractivity contribution >= 4 is 23.4 Å². The number of nitrogens with zero attached hydrogens (tertiary/aromatic N) is 1. The highest BCUT2D eigenvalue weighted by Gasteiger charge is 2.35. The normalized spacial score (nSPS) is 17.5. The van der Waals surface area contributed by atoms with Crippen molar-refractivity contribution in [3.8, 4) is 0 Å². The molecule has 0 saturated carbocycles. The number of amides is 3. The highest BCUT2D eigenvalue weighted by atomic mass is 16.2. The van der Waals surface area contributed by atoms with Crippen molar-refractivity contribution in [2.24, 2.45) is 11.7 Å². The van der Waals surface area contributed by atoms with Gasteiger partial charge in [0.05, 0.1) is 6.42 Å². The van der Waals surface area contributed by atoms with Gasteiger partial charge in [0.15, 0.2) is 0 Å². The lowest BCUT2D eigenvalue weighted by Gasteiger charge is -2.28. The van der Waals surface area contributed by atoms with E-state index in [0.717, 1.165) is 17.7 Å². The Hall–Kier alpha value is -2.37. The summed E-state index contributed by atoms with van der Waals surface area (Å²) in [7, 11) is 0. The molecule has 1 aromatic rings. The predicted molar refractivity (Wildman–Crippen MR) is 92.3 cm³/mol. The minimum Gasteiger partial charge on any atom is -0.370 e. The van der Waals surface area contributed by atoms with Gasteiger partial charge < -0.3 is 16.0 Å². The number of nitrogens with two attached hydrogens (primary N) is 1. The third kappa shape index (κ3) is 4.13. The maximum absolute atomic E-state index is 13.0. The van der Waals surface area contributed by atoms with Gasteiger partial charge in [0.1, 0.15) is 6.04 Å².